The van der Waals surface area contributed by atoms with Gasteiger partial charge in [0.1, 0.15) is 23.7 Å². The summed E-state index contributed by atoms with van der Waals surface area (Å²) in [5.74, 6) is 2.32. The van der Waals surface area contributed by atoms with E-state index in [1.54, 1.807) is 7.11 Å². The van der Waals surface area contributed by atoms with Gasteiger partial charge in [0.05, 0.1) is 7.11 Å². The Morgan fingerprint density at radius 2 is 2.10 bits per heavy atom. The van der Waals surface area contributed by atoms with Gasteiger partial charge in [0.25, 0.3) is 0 Å². The Hall–Kier alpha value is -2.30. The van der Waals surface area contributed by atoms with E-state index in [0.717, 1.165) is 42.1 Å². The summed E-state index contributed by atoms with van der Waals surface area (Å²) in [6, 6.07) is 8.03. The number of hydrogen-bond donors (Lipinski definition) is 1. The molecule has 0 radical (unpaired) electrons. The number of nitrogen functional groups attached to an aromatic ring is 1. The van der Waals surface area contributed by atoms with E-state index < -0.39 is 0 Å². The molecule has 0 saturated carbocycles. The van der Waals surface area contributed by atoms with Crippen LogP contribution in [0.4, 0.5) is 11.6 Å². The number of methoxy groups -OCH3 is 1. The van der Waals surface area contributed by atoms with Gasteiger partial charge in [-0.3, -0.25) is 0 Å². The van der Waals surface area contributed by atoms with Crippen molar-refractivity contribution in [2.24, 2.45) is 0 Å². The van der Waals surface area contributed by atoms with E-state index >= 15 is 0 Å². The summed E-state index contributed by atoms with van der Waals surface area (Å²) >= 11 is 0. The Bertz CT molecular complexity index is 601. The zero-order chi connectivity index (χ0) is 15.2. The maximum atomic E-state index is 5.99. The van der Waals surface area contributed by atoms with Crippen molar-refractivity contribution in [2.75, 3.05) is 24.8 Å². The first kappa shape index (κ1) is 15.1. The molecule has 0 aliphatic rings. The van der Waals surface area contributed by atoms with Crippen LogP contribution in [0.2, 0.25) is 0 Å². The fraction of sp³-hybridized carbons (Fsp3) is 0.375. The Morgan fingerprint density at radius 1 is 1.29 bits per heavy atom. The lowest BCUT2D eigenvalue weighted by atomic mass is 10.1. The van der Waals surface area contributed by atoms with Gasteiger partial charge in [0.2, 0.25) is 0 Å². The lowest BCUT2D eigenvalue weighted by molar-refractivity contribution is 0.414. The highest BCUT2D eigenvalue weighted by Crippen LogP contribution is 2.24. The summed E-state index contributed by atoms with van der Waals surface area (Å²) in [7, 11) is 3.69. The molecule has 5 nitrogen and oxygen atoms in total. The monoisotopic (exact) mass is 286 g/mol. The van der Waals surface area contributed by atoms with Crippen LogP contribution < -0.4 is 15.4 Å². The maximum Gasteiger partial charge on any atom is 0.137 e. The van der Waals surface area contributed by atoms with Crippen molar-refractivity contribution in [1.82, 2.24) is 9.97 Å². The van der Waals surface area contributed by atoms with Gasteiger partial charge in [-0.15, -0.1) is 0 Å². The molecule has 112 valence electrons. The van der Waals surface area contributed by atoms with Gasteiger partial charge in [-0.2, -0.15) is 0 Å². The average molecular weight is 286 g/mol. The van der Waals surface area contributed by atoms with Crippen LogP contribution in [-0.2, 0) is 13.0 Å². The minimum Gasteiger partial charge on any atom is -0.497 e. The normalized spacial score (nSPS) is 10.4. The van der Waals surface area contributed by atoms with Crippen molar-refractivity contribution in [1.29, 1.82) is 0 Å². The van der Waals surface area contributed by atoms with E-state index in [2.05, 4.69) is 27.9 Å². The number of aromatic nitrogens is 2. The first-order valence-corrected chi connectivity index (χ1v) is 7.09. The molecule has 1 heterocycles. The second kappa shape index (κ2) is 6.92. The third-order valence-electron chi connectivity index (χ3n) is 3.37. The van der Waals surface area contributed by atoms with Gasteiger partial charge in [0, 0.05) is 19.2 Å². The number of hydrogen-bond acceptors (Lipinski definition) is 5. The summed E-state index contributed by atoms with van der Waals surface area (Å²) in [5.41, 5.74) is 8.17. The molecule has 0 aliphatic carbocycles. The van der Waals surface area contributed by atoms with Crippen molar-refractivity contribution in [3.63, 3.8) is 0 Å². The predicted molar refractivity (Wildman–Crippen MR) is 85.5 cm³/mol. The quantitative estimate of drug-likeness (QED) is 0.884. The molecule has 0 spiro atoms. The van der Waals surface area contributed by atoms with Gasteiger partial charge < -0.3 is 15.4 Å². The van der Waals surface area contributed by atoms with Crippen LogP contribution >= 0.6 is 0 Å². The highest BCUT2D eigenvalue weighted by Gasteiger charge is 2.13. The molecule has 0 atom stereocenters. The Morgan fingerprint density at radius 3 is 2.81 bits per heavy atom. The molecule has 0 fully saturated rings. The van der Waals surface area contributed by atoms with Gasteiger partial charge in [-0.05, 0) is 24.1 Å². The summed E-state index contributed by atoms with van der Waals surface area (Å²) in [5, 5.41) is 0. The maximum absolute atomic E-state index is 5.99. The molecule has 0 bridgehead atoms. The molecule has 21 heavy (non-hydrogen) atoms. The molecule has 1 aromatic carbocycles. The first-order chi connectivity index (χ1) is 10.2. The molecular formula is C16H22N4O. The van der Waals surface area contributed by atoms with Gasteiger partial charge in [-0.25, -0.2) is 9.97 Å². The highest BCUT2D eigenvalue weighted by atomic mass is 16.5. The van der Waals surface area contributed by atoms with E-state index in [0.29, 0.717) is 5.82 Å². The number of benzene rings is 1. The number of anilines is 2. The Kier molecular flexibility index (Phi) is 4.98. The molecule has 2 rings (SSSR count). The first-order valence-electron chi connectivity index (χ1n) is 7.09. The van der Waals surface area contributed by atoms with Crippen LogP contribution in [0.5, 0.6) is 5.75 Å². The van der Waals surface area contributed by atoms with E-state index in [-0.39, 0.29) is 0 Å². The summed E-state index contributed by atoms with van der Waals surface area (Å²) in [6.07, 6.45) is 3.41. The standard InChI is InChI=1S/C16H22N4O/c1-4-6-14-15(17)18-11-19-16(14)20(2)10-12-7-5-8-13(9-12)21-3/h5,7-9,11H,4,6,10H2,1-3H3,(H2,17,18,19). The van der Waals surface area contributed by atoms with Crippen LogP contribution in [-0.4, -0.2) is 24.1 Å². The molecule has 2 N–H and O–H groups in total. The molecule has 0 aliphatic heterocycles. The fourth-order valence-electron chi connectivity index (χ4n) is 2.35. The zero-order valence-electron chi connectivity index (χ0n) is 12.8. The SMILES string of the molecule is CCCc1c(N)ncnc1N(C)Cc1cccc(OC)c1. The summed E-state index contributed by atoms with van der Waals surface area (Å²) < 4.78 is 5.26. The molecule has 0 unspecified atom stereocenters. The van der Waals surface area contributed by atoms with Gasteiger partial charge in [-0.1, -0.05) is 25.5 Å². The summed E-state index contributed by atoms with van der Waals surface area (Å²) in [6.45, 7) is 2.86. The van der Waals surface area contributed by atoms with Crippen molar-refractivity contribution >= 4 is 11.6 Å². The van der Waals surface area contributed by atoms with Crippen molar-refractivity contribution in [2.45, 2.75) is 26.3 Å². The van der Waals surface area contributed by atoms with E-state index in [9.17, 15) is 0 Å². The van der Waals surface area contributed by atoms with Crippen molar-refractivity contribution in [3.8, 4) is 5.75 Å². The lowest BCUT2D eigenvalue weighted by Gasteiger charge is -2.22. The fourth-order valence-corrected chi connectivity index (χ4v) is 2.35. The summed E-state index contributed by atoms with van der Waals surface area (Å²) in [4.78, 5) is 10.6. The number of nitrogens with two attached hydrogens (primary N) is 1. The Balaban J connectivity index is 2.23. The number of nitrogens with zero attached hydrogens (tertiary/aromatic N) is 3. The zero-order valence-corrected chi connectivity index (χ0v) is 12.8. The molecule has 0 amide bonds. The van der Waals surface area contributed by atoms with Crippen LogP contribution in [0.15, 0.2) is 30.6 Å². The van der Waals surface area contributed by atoms with E-state index in [4.69, 9.17) is 10.5 Å². The van der Waals surface area contributed by atoms with E-state index in [1.807, 2.05) is 25.2 Å². The molecule has 5 heteroatoms. The molecule has 2 aromatic rings. The Labute approximate surface area is 125 Å². The number of ether oxygens (including phenoxy) is 1. The van der Waals surface area contributed by atoms with Gasteiger partial charge in [0.15, 0.2) is 0 Å². The number of rotatable bonds is 6. The lowest BCUT2D eigenvalue weighted by Crippen LogP contribution is -2.20. The largest absolute Gasteiger partial charge is 0.497 e. The van der Waals surface area contributed by atoms with Crippen LogP contribution in [0.1, 0.15) is 24.5 Å². The highest BCUT2D eigenvalue weighted by molar-refractivity contribution is 5.56. The third-order valence-corrected chi connectivity index (χ3v) is 3.37. The topological polar surface area (TPSA) is 64.3 Å². The smallest absolute Gasteiger partial charge is 0.137 e. The van der Waals surface area contributed by atoms with Crippen molar-refractivity contribution in [3.05, 3.63) is 41.7 Å². The van der Waals surface area contributed by atoms with E-state index in [1.165, 1.54) is 6.33 Å². The third kappa shape index (κ3) is 3.62. The van der Waals surface area contributed by atoms with Crippen LogP contribution in [0, 0.1) is 0 Å². The van der Waals surface area contributed by atoms with Crippen LogP contribution in [0.3, 0.4) is 0 Å². The molecular weight excluding hydrogens is 264 g/mol. The van der Waals surface area contributed by atoms with Crippen LogP contribution in [0.25, 0.3) is 0 Å². The molecule has 0 saturated heterocycles. The minimum absolute atomic E-state index is 0.569. The minimum atomic E-state index is 0.569. The second-order valence-electron chi connectivity index (χ2n) is 5.02. The average Bonchev–Trinajstić information content (AvgIpc) is 2.49. The van der Waals surface area contributed by atoms with Gasteiger partial charge >= 0.3 is 0 Å². The second-order valence-corrected chi connectivity index (χ2v) is 5.02. The van der Waals surface area contributed by atoms with Crippen molar-refractivity contribution < 1.29 is 4.74 Å². The molecule has 1 aromatic heterocycles. The predicted octanol–water partition coefficient (Wildman–Crippen LogP) is 2.66.